The van der Waals surface area contributed by atoms with Crippen molar-refractivity contribution in [2.75, 3.05) is 26.6 Å². The quantitative estimate of drug-likeness (QED) is 0.750. The van der Waals surface area contributed by atoms with Crippen LogP contribution in [0.4, 0.5) is 5.69 Å². The van der Waals surface area contributed by atoms with Crippen molar-refractivity contribution < 1.29 is 18.4 Å². The monoisotopic (exact) mass is 297 g/mol. The topological polar surface area (TPSA) is 56.8 Å². The molecule has 0 saturated carbocycles. The van der Waals surface area contributed by atoms with Crippen molar-refractivity contribution in [1.29, 1.82) is 0 Å². The first-order valence-electron chi connectivity index (χ1n) is 6.57. The average Bonchev–Trinajstić information content (AvgIpc) is 2.47. The van der Waals surface area contributed by atoms with Crippen molar-refractivity contribution in [2.45, 2.75) is 25.4 Å². The zero-order chi connectivity index (χ0) is 15.0. The molecule has 0 aliphatic rings. The summed E-state index contributed by atoms with van der Waals surface area (Å²) in [6.45, 7) is 1.99. The molecule has 0 radical (unpaired) electrons. The minimum absolute atomic E-state index is 0.00118. The van der Waals surface area contributed by atoms with Crippen LogP contribution in [0.25, 0.3) is 0 Å². The van der Waals surface area contributed by atoms with E-state index in [2.05, 4.69) is 5.32 Å². The minimum Gasteiger partial charge on any atom is -0.497 e. The number of benzene rings is 1. The molecule has 1 amide bonds. The van der Waals surface area contributed by atoms with Crippen molar-refractivity contribution >= 4 is 20.2 Å². The number of carbonyl (C=O) groups is 1. The number of anilines is 1. The second-order valence-electron chi connectivity index (χ2n) is 4.67. The molecule has 5 nitrogen and oxygen atoms in total. The molecule has 0 spiro atoms. The number of rotatable bonds is 8. The highest BCUT2D eigenvalue weighted by Gasteiger charge is 2.28. The number of hydrogen-bond donors (Lipinski definition) is 1. The van der Waals surface area contributed by atoms with Gasteiger partial charge < -0.3 is 18.9 Å². The van der Waals surface area contributed by atoms with Crippen molar-refractivity contribution in [3.05, 3.63) is 24.3 Å². The van der Waals surface area contributed by atoms with Crippen LogP contribution in [-0.4, -0.2) is 35.8 Å². The van der Waals surface area contributed by atoms with E-state index in [4.69, 9.17) is 13.6 Å². The Bertz CT molecular complexity index is 418. The zero-order valence-electron chi connectivity index (χ0n) is 12.6. The fourth-order valence-electron chi connectivity index (χ4n) is 1.76. The predicted molar refractivity (Wildman–Crippen MR) is 81.3 cm³/mol. The van der Waals surface area contributed by atoms with Gasteiger partial charge in [0.1, 0.15) is 5.75 Å². The van der Waals surface area contributed by atoms with E-state index in [1.54, 1.807) is 21.3 Å². The largest absolute Gasteiger partial charge is 0.497 e. The Kier molecular flexibility index (Phi) is 6.70. The van der Waals surface area contributed by atoms with Gasteiger partial charge in [-0.3, -0.25) is 4.79 Å². The van der Waals surface area contributed by atoms with Crippen molar-refractivity contribution in [1.82, 2.24) is 0 Å². The van der Waals surface area contributed by atoms with Gasteiger partial charge in [-0.1, -0.05) is 0 Å². The summed E-state index contributed by atoms with van der Waals surface area (Å²) in [5.74, 6) is 0.767. The predicted octanol–water partition coefficient (Wildman–Crippen LogP) is 2.78. The molecule has 0 aliphatic heterocycles. The Morgan fingerprint density at radius 1 is 1.15 bits per heavy atom. The summed E-state index contributed by atoms with van der Waals surface area (Å²) in [5, 5.41) is 2.85. The van der Waals surface area contributed by atoms with E-state index in [0.29, 0.717) is 6.42 Å². The first kappa shape index (κ1) is 16.7. The lowest BCUT2D eigenvalue weighted by Crippen LogP contribution is -2.36. The van der Waals surface area contributed by atoms with Crippen LogP contribution in [0.3, 0.4) is 0 Å². The summed E-state index contributed by atoms with van der Waals surface area (Å²) < 4.78 is 15.8. The van der Waals surface area contributed by atoms with E-state index in [-0.39, 0.29) is 5.91 Å². The lowest BCUT2D eigenvalue weighted by Gasteiger charge is -2.22. The van der Waals surface area contributed by atoms with Gasteiger partial charge >= 0.3 is 8.56 Å². The number of hydrogen-bond acceptors (Lipinski definition) is 4. The smallest absolute Gasteiger partial charge is 0.334 e. The van der Waals surface area contributed by atoms with Gasteiger partial charge in [-0.25, -0.2) is 0 Å². The molecule has 20 heavy (non-hydrogen) atoms. The van der Waals surface area contributed by atoms with Crippen molar-refractivity contribution in [3.8, 4) is 5.75 Å². The van der Waals surface area contributed by atoms with Crippen molar-refractivity contribution in [3.63, 3.8) is 0 Å². The molecule has 112 valence electrons. The molecule has 6 heteroatoms. The van der Waals surface area contributed by atoms with Crippen LogP contribution < -0.4 is 10.1 Å². The number of carbonyl (C=O) groups excluding carboxylic acids is 1. The summed E-state index contributed by atoms with van der Waals surface area (Å²) in [7, 11) is 2.87. The fraction of sp³-hybridized carbons (Fsp3) is 0.500. The van der Waals surface area contributed by atoms with Crippen LogP contribution in [0.15, 0.2) is 24.3 Å². The second-order valence-corrected chi connectivity index (χ2v) is 8.26. The van der Waals surface area contributed by atoms with Gasteiger partial charge in [0.2, 0.25) is 5.91 Å². The molecule has 0 atom stereocenters. The van der Waals surface area contributed by atoms with E-state index in [0.717, 1.165) is 23.9 Å². The Hall–Kier alpha value is -1.37. The molecule has 0 unspecified atom stereocenters. The first-order valence-corrected chi connectivity index (χ1v) is 9.09. The number of ether oxygens (including phenoxy) is 1. The molecule has 0 aromatic heterocycles. The summed E-state index contributed by atoms with van der Waals surface area (Å²) >= 11 is 0. The molecule has 0 heterocycles. The van der Waals surface area contributed by atoms with Crippen LogP contribution in [0.5, 0.6) is 5.75 Å². The number of methoxy groups -OCH3 is 1. The number of nitrogens with one attached hydrogen (secondary N) is 1. The Morgan fingerprint density at radius 3 is 2.25 bits per heavy atom. The second kappa shape index (κ2) is 8.03. The van der Waals surface area contributed by atoms with E-state index < -0.39 is 8.56 Å². The van der Waals surface area contributed by atoms with Gasteiger partial charge in [0.15, 0.2) is 0 Å². The molecule has 1 aromatic carbocycles. The van der Waals surface area contributed by atoms with Crippen LogP contribution in [-0.2, 0) is 13.6 Å². The fourth-order valence-corrected chi connectivity index (χ4v) is 3.15. The summed E-state index contributed by atoms with van der Waals surface area (Å²) in [5.41, 5.74) is 0.772. The molecule has 1 aromatic rings. The van der Waals surface area contributed by atoms with E-state index in [9.17, 15) is 4.79 Å². The van der Waals surface area contributed by atoms with E-state index >= 15 is 0 Å². The van der Waals surface area contributed by atoms with Crippen LogP contribution in [0.2, 0.25) is 12.6 Å². The third-order valence-electron chi connectivity index (χ3n) is 3.27. The SMILES string of the molecule is COc1ccc(NC(=O)CCC[Si](C)(OC)OC)cc1. The van der Waals surface area contributed by atoms with Gasteiger partial charge in [0.05, 0.1) is 7.11 Å². The highest BCUT2D eigenvalue weighted by Crippen LogP contribution is 2.17. The summed E-state index contributed by atoms with van der Waals surface area (Å²) in [4.78, 5) is 11.8. The third-order valence-corrected chi connectivity index (χ3v) is 6.26. The minimum atomic E-state index is -2.07. The van der Waals surface area contributed by atoms with Gasteiger partial charge in [-0.2, -0.15) is 0 Å². The Labute approximate surface area is 121 Å². The van der Waals surface area contributed by atoms with Gasteiger partial charge in [-0.15, -0.1) is 0 Å². The lowest BCUT2D eigenvalue weighted by molar-refractivity contribution is -0.116. The van der Waals surface area contributed by atoms with Crippen LogP contribution in [0.1, 0.15) is 12.8 Å². The maximum atomic E-state index is 11.8. The lowest BCUT2D eigenvalue weighted by atomic mass is 10.2. The maximum absolute atomic E-state index is 11.8. The highest BCUT2D eigenvalue weighted by molar-refractivity contribution is 6.65. The first-order chi connectivity index (χ1) is 9.53. The molecule has 0 bridgehead atoms. The van der Waals surface area contributed by atoms with Crippen LogP contribution >= 0.6 is 0 Å². The number of amides is 1. The molecular weight excluding hydrogens is 274 g/mol. The molecule has 0 saturated heterocycles. The zero-order valence-corrected chi connectivity index (χ0v) is 13.6. The van der Waals surface area contributed by atoms with Gasteiger partial charge in [0.25, 0.3) is 0 Å². The molecular formula is C14H23NO4Si. The maximum Gasteiger partial charge on any atom is 0.334 e. The molecule has 0 fully saturated rings. The molecule has 0 aliphatic carbocycles. The Balaban J connectivity index is 2.36. The van der Waals surface area contributed by atoms with Crippen molar-refractivity contribution in [2.24, 2.45) is 0 Å². The average molecular weight is 297 g/mol. The van der Waals surface area contributed by atoms with Gasteiger partial charge in [-0.05, 0) is 43.3 Å². The Morgan fingerprint density at radius 2 is 1.75 bits per heavy atom. The molecule has 1 N–H and O–H groups in total. The summed E-state index contributed by atoms with van der Waals surface area (Å²) in [6.07, 6.45) is 1.22. The van der Waals surface area contributed by atoms with E-state index in [1.165, 1.54) is 0 Å². The van der Waals surface area contributed by atoms with Crippen LogP contribution in [0, 0.1) is 0 Å². The van der Waals surface area contributed by atoms with Gasteiger partial charge in [0, 0.05) is 26.3 Å². The normalized spacial score (nSPS) is 11.2. The molecule has 1 rings (SSSR count). The standard InChI is InChI=1S/C14H23NO4Si/c1-17-13-9-7-12(8-10-13)15-14(16)6-5-11-20(4,18-2)19-3/h7-10H,5-6,11H2,1-4H3,(H,15,16). The summed E-state index contributed by atoms with van der Waals surface area (Å²) in [6, 6.07) is 8.07. The van der Waals surface area contributed by atoms with E-state index in [1.807, 2.05) is 30.8 Å². The third kappa shape index (κ3) is 5.32. The highest BCUT2D eigenvalue weighted by atomic mass is 28.4.